The minimum absolute atomic E-state index is 0. The largest absolute Gasteiger partial charge is 1.00 e. The molecule has 0 aliphatic rings. The van der Waals surface area contributed by atoms with Gasteiger partial charge in [-0.05, 0) is 12.8 Å². The predicted octanol–water partition coefficient (Wildman–Crippen LogP) is -5.75. The Morgan fingerprint density at radius 2 is 1.00 bits per heavy atom. The molecule has 0 saturated heterocycles. The van der Waals surface area contributed by atoms with Crippen molar-refractivity contribution in [1.29, 1.82) is 0 Å². The molecule has 0 aromatic heterocycles. The summed E-state index contributed by atoms with van der Waals surface area (Å²) in [7, 11) is -5.55. The fourth-order valence-electron chi connectivity index (χ4n) is 0.707. The van der Waals surface area contributed by atoms with E-state index >= 15 is 0 Å². The Balaban J connectivity index is -0.00000112. The molecule has 0 bridgehead atoms. The van der Waals surface area contributed by atoms with Crippen LogP contribution in [0.5, 0.6) is 0 Å². The SMILES string of the molecule is O=S(=O)([O-])CCCSSCCCS(=O)(=O)[O-].[Na+].[Na+]. The van der Waals surface area contributed by atoms with Gasteiger partial charge in [0.15, 0.2) is 0 Å². The van der Waals surface area contributed by atoms with Gasteiger partial charge in [0.2, 0.25) is 0 Å². The molecule has 12 heteroatoms. The number of hydrogen-bond donors (Lipinski definition) is 0. The molecule has 0 atom stereocenters. The van der Waals surface area contributed by atoms with Crippen molar-refractivity contribution in [2.24, 2.45) is 0 Å². The Morgan fingerprint density at radius 1 is 0.722 bits per heavy atom. The second-order valence-electron chi connectivity index (χ2n) is 2.87. The van der Waals surface area contributed by atoms with Crippen LogP contribution < -0.4 is 59.1 Å². The Morgan fingerprint density at radius 3 is 1.22 bits per heavy atom. The zero-order valence-corrected chi connectivity index (χ0v) is 17.6. The van der Waals surface area contributed by atoms with Gasteiger partial charge in [-0.1, -0.05) is 21.6 Å². The van der Waals surface area contributed by atoms with E-state index in [0.29, 0.717) is 11.5 Å². The van der Waals surface area contributed by atoms with E-state index in [1.54, 1.807) is 0 Å². The maximum absolute atomic E-state index is 10.2. The second kappa shape index (κ2) is 13.2. The smallest absolute Gasteiger partial charge is 0.748 e. The minimum atomic E-state index is -4.13. The van der Waals surface area contributed by atoms with E-state index in [1.807, 2.05) is 0 Å². The third-order valence-electron chi connectivity index (χ3n) is 1.33. The van der Waals surface area contributed by atoms with Crippen molar-refractivity contribution >= 4 is 41.8 Å². The van der Waals surface area contributed by atoms with Crippen LogP contribution in [0.15, 0.2) is 0 Å². The van der Waals surface area contributed by atoms with Crippen LogP contribution in [0.25, 0.3) is 0 Å². The molecule has 0 rings (SSSR count). The van der Waals surface area contributed by atoms with E-state index in [1.165, 1.54) is 21.6 Å². The van der Waals surface area contributed by atoms with Crippen molar-refractivity contribution in [3.63, 3.8) is 0 Å². The molecule has 6 nitrogen and oxygen atoms in total. The third kappa shape index (κ3) is 23.6. The monoisotopic (exact) mass is 354 g/mol. The summed E-state index contributed by atoms with van der Waals surface area (Å²) in [5.74, 6) is 0.261. The standard InChI is InChI=1S/C6H14O6S4.2Na/c7-15(8,9)5-1-3-13-14-4-2-6-16(10,11)12;;/h1-6H2,(H,7,8,9)(H,10,11,12);;/q;2*+1/p-2. The molecule has 0 fully saturated rings. The van der Waals surface area contributed by atoms with Gasteiger partial charge in [-0.25, -0.2) is 16.8 Å². The van der Waals surface area contributed by atoms with Crippen molar-refractivity contribution < 1.29 is 85.1 Å². The molecule has 0 radical (unpaired) electrons. The summed E-state index contributed by atoms with van der Waals surface area (Å²) in [6, 6.07) is 0. The van der Waals surface area contributed by atoms with E-state index in [4.69, 9.17) is 0 Å². The first-order valence-corrected chi connectivity index (χ1v) is 9.96. The van der Waals surface area contributed by atoms with Crippen molar-refractivity contribution in [3.05, 3.63) is 0 Å². The maximum atomic E-state index is 10.2. The first-order valence-electron chi connectivity index (χ1n) is 4.32. The summed E-state index contributed by atoms with van der Waals surface area (Å²) in [4.78, 5) is 0. The molecule has 0 unspecified atom stereocenters. The molecule has 98 valence electrons. The quantitative estimate of drug-likeness (QED) is 0.174. The van der Waals surface area contributed by atoms with Crippen molar-refractivity contribution in [3.8, 4) is 0 Å². The summed E-state index contributed by atoms with van der Waals surface area (Å²) in [5.41, 5.74) is 0. The zero-order chi connectivity index (χ0) is 12.7. The molecule has 18 heavy (non-hydrogen) atoms. The fourth-order valence-corrected chi connectivity index (χ4v) is 4.24. The average molecular weight is 354 g/mol. The normalized spacial score (nSPS) is 11.4. The average Bonchev–Trinajstić information content (AvgIpc) is 2.06. The van der Waals surface area contributed by atoms with Gasteiger partial charge < -0.3 is 9.11 Å². The summed E-state index contributed by atoms with van der Waals surface area (Å²) < 4.78 is 61.2. The minimum Gasteiger partial charge on any atom is -0.748 e. The van der Waals surface area contributed by atoms with Crippen LogP contribution in [0, 0.1) is 0 Å². The molecular formula is C6H12Na2O6S4. The van der Waals surface area contributed by atoms with Gasteiger partial charge in [-0.2, -0.15) is 0 Å². The zero-order valence-electron chi connectivity index (χ0n) is 10.3. The molecule has 0 aliphatic carbocycles. The van der Waals surface area contributed by atoms with E-state index in [-0.39, 0.29) is 83.5 Å². The van der Waals surface area contributed by atoms with Gasteiger partial charge in [0.25, 0.3) is 0 Å². The predicted molar refractivity (Wildman–Crippen MR) is 63.3 cm³/mol. The first kappa shape index (κ1) is 25.5. The topological polar surface area (TPSA) is 114 Å². The molecule has 0 N–H and O–H groups in total. The van der Waals surface area contributed by atoms with Crippen molar-refractivity contribution in [2.75, 3.05) is 23.0 Å². The van der Waals surface area contributed by atoms with Crippen LogP contribution in [0.2, 0.25) is 0 Å². The molecule has 0 aromatic rings. The van der Waals surface area contributed by atoms with Crippen LogP contribution in [-0.2, 0) is 20.2 Å². The Kier molecular flexibility index (Phi) is 18.7. The molecule has 0 aliphatic heterocycles. The summed E-state index contributed by atoms with van der Waals surface area (Å²) in [6.45, 7) is 0. The summed E-state index contributed by atoms with van der Waals surface area (Å²) in [5, 5.41) is 0. The van der Waals surface area contributed by atoms with Gasteiger partial charge in [0, 0.05) is 23.0 Å². The molecule has 0 spiro atoms. The molecule has 0 amide bonds. The molecule has 0 saturated carbocycles. The van der Waals surface area contributed by atoms with Crippen LogP contribution in [-0.4, -0.2) is 49.0 Å². The summed E-state index contributed by atoms with van der Waals surface area (Å²) in [6.07, 6.45) is 0.562. The van der Waals surface area contributed by atoms with E-state index in [0.717, 1.165) is 0 Å². The number of rotatable bonds is 9. The van der Waals surface area contributed by atoms with Crippen molar-refractivity contribution in [2.45, 2.75) is 12.8 Å². The van der Waals surface area contributed by atoms with Gasteiger partial charge >= 0.3 is 59.1 Å². The van der Waals surface area contributed by atoms with E-state index in [2.05, 4.69) is 0 Å². The van der Waals surface area contributed by atoms with Gasteiger partial charge in [-0.15, -0.1) is 0 Å². The van der Waals surface area contributed by atoms with Gasteiger partial charge in [0.1, 0.15) is 0 Å². The fraction of sp³-hybridized carbons (Fsp3) is 1.00. The van der Waals surface area contributed by atoms with E-state index < -0.39 is 20.2 Å². The Hall–Kier alpha value is 2.52. The van der Waals surface area contributed by atoms with Crippen LogP contribution in [0.3, 0.4) is 0 Å². The van der Waals surface area contributed by atoms with Gasteiger partial charge in [-0.3, -0.25) is 0 Å². The van der Waals surface area contributed by atoms with E-state index in [9.17, 15) is 25.9 Å². The number of hydrogen-bond acceptors (Lipinski definition) is 8. The van der Waals surface area contributed by atoms with Crippen LogP contribution in [0.4, 0.5) is 0 Å². The Labute approximate surface area is 160 Å². The second-order valence-corrected chi connectivity index (χ2v) is 8.62. The first-order chi connectivity index (χ1) is 7.21. The van der Waals surface area contributed by atoms with Crippen molar-refractivity contribution in [1.82, 2.24) is 0 Å². The summed E-state index contributed by atoms with van der Waals surface area (Å²) >= 11 is 0. The van der Waals surface area contributed by atoms with Crippen LogP contribution in [0.1, 0.15) is 12.8 Å². The molecular weight excluding hydrogens is 342 g/mol. The molecule has 0 heterocycles. The van der Waals surface area contributed by atoms with Crippen LogP contribution >= 0.6 is 21.6 Å². The molecule has 0 aromatic carbocycles. The maximum Gasteiger partial charge on any atom is 1.00 e. The van der Waals surface area contributed by atoms with Gasteiger partial charge in [0.05, 0.1) is 20.2 Å². The Bertz CT molecular complexity index is 343. The third-order valence-corrected chi connectivity index (χ3v) is 5.48.